The lowest BCUT2D eigenvalue weighted by Crippen LogP contribution is -2.46. The standard InChI is InChI=1S/C21H26N4O2/c26-20-9-5-4-8-19(20)16-22-23-21(27)10-11-24-12-14-25(15-13-24)17-18-6-2-1-3-7-18/h1-9,16,26H,10-15,17H2,(H,23,27)/b22-16+. The Morgan fingerprint density at radius 2 is 1.67 bits per heavy atom. The Hall–Kier alpha value is -2.70. The molecule has 0 bridgehead atoms. The van der Waals surface area contributed by atoms with Gasteiger partial charge in [-0.3, -0.25) is 9.69 Å². The molecule has 0 spiro atoms. The SMILES string of the molecule is O=C(CCN1CCN(Cc2ccccc2)CC1)N/N=C/c1ccccc1O. The van der Waals surface area contributed by atoms with Crippen molar-refractivity contribution in [3.8, 4) is 5.75 Å². The van der Waals surface area contributed by atoms with Crippen LogP contribution in [-0.4, -0.2) is 59.8 Å². The summed E-state index contributed by atoms with van der Waals surface area (Å²) in [6, 6.07) is 17.4. The van der Waals surface area contributed by atoms with Gasteiger partial charge in [0.05, 0.1) is 6.21 Å². The van der Waals surface area contributed by atoms with Gasteiger partial charge in [0.15, 0.2) is 0 Å². The fraction of sp³-hybridized carbons (Fsp3) is 0.333. The number of rotatable bonds is 7. The number of hydrogen-bond acceptors (Lipinski definition) is 5. The van der Waals surface area contributed by atoms with Crippen LogP contribution in [0, 0.1) is 0 Å². The van der Waals surface area contributed by atoms with Gasteiger partial charge in [0.1, 0.15) is 5.75 Å². The molecule has 6 nitrogen and oxygen atoms in total. The van der Waals surface area contributed by atoms with Gasteiger partial charge in [-0.25, -0.2) is 5.43 Å². The summed E-state index contributed by atoms with van der Waals surface area (Å²) in [6.45, 7) is 5.69. The average molecular weight is 366 g/mol. The highest BCUT2D eigenvalue weighted by atomic mass is 16.3. The first-order valence-electron chi connectivity index (χ1n) is 9.29. The second-order valence-corrected chi connectivity index (χ2v) is 6.71. The minimum atomic E-state index is -0.117. The molecule has 1 aliphatic rings. The molecule has 142 valence electrons. The van der Waals surface area contributed by atoms with Gasteiger partial charge >= 0.3 is 0 Å². The number of para-hydroxylation sites is 1. The fourth-order valence-corrected chi connectivity index (χ4v) is 3.10. The number of piperazine rings is 1. The van der Waals surface area contributed by atoms with E-state index in [4.69, 9.17) is 0 Å². The Bertz CT molecular complexity index is 756. The number of carbonyl (C=O) groups is 1. The van der Waals surface area contributed by atoms with Gasteiger partial charge in [0.2, 0.25) is 5.91 Å². The van der Waals surface area contributed by atoms with Crippen LogP contribution in [-0.2, 0) is 11.3 Å². The molecule has 1 amide bonds. The zero-order chi connectivity index (χ0) is 18.9. The van der Waals surface area contributed by atoms with Crippen LogP contribution in [0.25, 0.3) is 0 Å². The highest BCUT2D eigenvalue weighted by molar-refractivity contribution is 5.85. The van der Waals surface area contributed by atoms with Crippen molar-refractivity contribution < 1.29 is 9.90 Å². The molecule has 1 heterocycles. The number of nitrogens with one attached hydrogen (secondary N) is 1. The number of benzene rings is 2. The van der Waals surface area contributed by atoms with Crippen molar-refractivity contribution in [1.82, 2.24) is 15.2 Å². The molecule has 0 radical (unpaired) electrons. The van der Waals surface area contributed by atoms with Gasteiger partial charge in [-0.1, -0.05) is 42.5 Å². The maximum Gasteiger partial charge on any atom is 0.241 e. The third kappa shape index (κ3) is 6.20. The van der Waals surface area contributed by atoms with Gasteiger partial charge in [-0.2, -0.15) is 5.10 Å². The number of amides is 1. The third-order valence-corrected chi connectivity index (χ3v) is 4.70. The van der Waals surface area contributed by atoms with E-state index in [1.54, 1.807) is 24.3 Å². The zero-order valence-electron chi connectivity index (χ0n) is 15.4. The van der Waals surface area contributed by atoms with Crippen molar-refractivity contribution in [3.05, 3.63) is 65.7 Å². The van der Waals surface area contributed by atoms with Crippen LogP contribution in [0.1, 0.15) is 17.5 Å². The topological polar surface area (TPSA) is 68.2 Å². The molecule has 0 atom stereocenters. The summed E-state index contributed by atoms with van der Waals surface area (Å²) in [7, 11) is 0. The van der Waals surface area contributed by atoms with Crippen LogP contribution >= 0.6 is 0 Å². The Morgan fingerprint density at radius 3 is 2.41 bits per heavy atom. The van der Waals surface area contributed by atoms with Crippen molar-refractivity contribution >= 4 is 12.1 Å². The Kier molecular flexibility index (Phi) is 6.96. The van der Waals surface area contributed by atoms with Crippen molar-refractivity contribution in [2.75, 3.05) is 32.7 Å². The first-order chi connectivity index (χ1) is 13.2. The van der Waals surface area contributed by atoms with E-state index in [2.05, 4.69) is 44.6 Å². The van der Waals surface area contributed by atoms with E-state index in [0.717, 1.165) is 39.3 Å². The largest absolute Gasteiger partial charge is 0.507 e. The fourth-order valence-electron chi connectivity index (χ4n) is 3.10. The second kappa shape index (κ2) is 9.85. The summed E-state index contributed by atoms with van der Waals surface area (Å²) in [6.07, 6.45) is 1.87. The van der Waals surface area contributed by atoms with Crippen LogP contribution in [0.3, 0.4) is 0 Å². The molecule has 0 aromatic heterocycles. The van der Waals surface area contributed by atoms with Gasteiger partial charge in [-0.05, 0) is 17.7 Å². The molecular formula is C21H26N4O2. The summed E-state index contributed by atoms with van der Waals surface area (Å²) in [4.78, 5) is 16.7. The average Bonchev–Trinajstić information content (AvgIpc) is 2.70. The number of nitrogens with zero attached hydrogens (tertiary/aromatic N) is 3. The zero-order valence-corrected chi connectivity index (χ0v) is 15.4. The Labute approximate surface area is 160 Å². The van der Waals surface area contributed by atoms with E-state index < -0.39 is 0 Å². The van der Waals surface area contributed by atoms with E-state index in [-0.39, 0.29) is 11.7 Å². The van der Waals surface area contributed by atoms with E-state index in [1.165, 1.54) is 11.8 Å². The summed E-state index contributed by atoms with van der Waals surface area (Å²) in [5.41, 5.74) is 4.44. The van der Waals surface area contributed by atoms with E-state index >= 15 is 0 Å². The van der Waals surface area contributed by atoms with Crippen LogP contribution in [0.4, 0.5) is 0 Å². The van der Waals surface area contributed by atoms with Gasteiger partial charge < -0.3 is 10.0 Å². The molecule has 2 aromatic carbocycles. The van der Waals surface area contributed by atoms with E-state index in [0.29, 0.717) is 12.0 Å². The second-order valence-electron chi connectivity index (χ2n) is 6.71. The lowest BCUT2D eigenvalue weighted by Gasteiger charge is -2.34. The summed E-state index contributed by atoms with van der Waals surface area (Å²) in [5, 5.41) is 13.6. The van der Waals surface area contributed by atoms with Crippen molar-refractivity contribution in [1.29, 1.82) is 0 Å². The van der Waals surface area contributed by atoms with Crippen LogP contribution in [0.15, 0.2) is 59.7 Å². The third-order valence-electron chi connectivity index (χ3n) is 4.70. The number of phenols is 1. The molecule has 3 rings (SSSR count). The monoisotopic (exact) mass is 366 g/mol. The predicted molar refractivity (Wildman–Crippen MR) is 107 cm³/mol. The first kappa shape index (κ1) is 19.1. The number of phenolic OH excluding ortho intramolecular Hbond substituents is 1. The van der Waals surface area contributed by atoms with Gasteiger partial charge in [0, 0.05) is 51.3 Å². The van der Waals surface area contributed by atoms with Crippen LogP contribution in [0.5, 0.6) is 5.75 Å². The quantitative estimate of drug-likeness (QED) is 0.581. The smallest absolute Gasteiger partial charge is 0.241 e. The maximum absolute atomic E-state index is 11.9. The normalized spacial score (nSPS) is 15.9. The van der Waals surface area contributed by atoms with Gasteiger partial charge in [0.25, 0.3) is 0 Å². The molecule has 6 heteroatoms. The molecule has 0 unspecified atom stereocenters. The highest BCUT2D eigenvalue weighted by Gasteiger charge is 2.17. The van der Waals surface area contributed by atoms with E-state index in [1.807, 2.05) is 6.07 Å². The Balaban J connectivity index is 1.34. The lowest BCUT2D eigenvalue weighted by molar-refractivity contribution is -0.121. The molecule has 27 heavy (non-hydrogen) atoms. The summed E-state index contributed by atoms with van der Waals surface area (Å²) >= 11 is 0. The lowest BCUT2D eigenvalue weighted by atomic mass is 10.2. The van der Waals surface area contributed by atoms with Crippen LogP contribution < -0.4 is 5.43 Å². The minimum absolute atomic E-state index is 0.117. The van der Waals surface area contributed by atoms with Gasteiger partial charge in [-0.15, -0.1) is 0 Å². The molecule has 0 saturated carbocycles. The number of carbonyl (C=O) groups excluding carboxylic acids is 1. The Morgan fingerprint density at radius 1 is 1.00 bits per heavy atom. The minimum Gasteiger partial charge on any atom is -0.507 e. The molecule has 1 saturated heterocycles. The summed E-state index contributed by atoms with van der Waals surface area (Å²) < 4.78 is 0. The maximum atomic E-state index is 11.9. The molecule has 2 N–H and O–H groups in total. The van der Waals surface area contributed by atoms with Crippen molar-refractivity contribution in [2.45, 2.75) is 13.0 Å². The van der Waals surface area contributed by atoms with Crippen molar-refractivity contribution in [2.24, 2.45) is 5.10 Å². The molecule has 1 aliphatic heterocycles. The highest BCUT2D eigenvalue weighted by Crippen LogP contribution is 2.12. The van der Waals surface area contributed by atoms with Crippen LogP contribution in [0.2, 0.25) is 0 Å². The number of hydrazone groups is 1. The predicted octanol–water partition coefficient (Wildman–Crippen LogP) is 2.05. The molecule has 0 aliphatic carbocycles. The van der Waals surface area contributed by atoms with Crippen molar-refractivity contribution in [3.63, 3.8) is 0 Å². The summed E-state index contributed by atoms with van der Waals surface area (Å²) in [5.74, 6) is 0.0252. The first-order valence-corrected chi connectivity index (χ1v) is 9.29. The number of aromatic hydroxyl groups is 1. The molecule has 1 fully saturated rings. The van der Waals surface area contributed by atoms with E-state index in [9.17, 15) is 9.90 Å². The molecular weight excluding hydrogens is 340 g/mol. The molecule has 2 aromatic rings. The number of hydrogen-bond donors (Lipinski definition) is 2.